The Morgan fingerprint density at radius 2 is 2.00 bits per heavy atom. The van der Waals surface area contributed by atoms with Crippen LogP contribution in [0.3, 0.4) is 0 Å². The lowest BCUT2D eigenvalue weighted by Gasteiger charge is -2.16. The summed E-state index contributed by atoms with van der Waals surface area (Å²) in [5.74, 6) is 6.40. The summed E-state index contributed by atoms with van der Waals surface area (Å²) in [5, 5.41) is 8.12. The second-order valence-corrected chi connectivity index (χ2v) is 4.53. The third-order valence-electron chi connectivity index (χ3n) is 3.13. The lowest BCUT2D eigenvalue weighted by Crippen LogP contribution is -2.31. The second kappa shape index (κ2) is 5.78. The third kappa shape index (κ3) is 2.64. The van der Waals surface area contributed by atoms with E-state index in [1.165, 1.54) is 0 Å². The molecule has 0 radical (unpaired) electrons. The van der Waals surface area contributed by atoms with Crippen LogP contribution in [-0.4, -0.2) is 25.0 Å². The van der Waals surface area contributed by atoms with Crippen LogP contribution in [0, 0.1) is 6.92 Å². The number of hydrogen-bond acceptors (Lipinski definition) is 6. The molecule has 0 aliphatic carbocycles. The van der Waals surface area contributed by atoms with Crippen LogP contribution in [0.2, 0.25) is 0 Å². The van der Waals surface area contributed by atoms with Gasteiger partial charge in [-0.25, -0.2) is 20.1 Å². The van der Waals surface area contributed by atoms with Gasteiger partial charge in [-0.15, -0.1) is 5.10 Å². The molecule has 0 saturated carbocycles. The quantitative estimate of drug-likeness (QED) is 0.545. The molecule has 7 nitrogen and oxygen atoms in total. The van der Waals surface area contributed by atoms with E-state index in [4.69, 9.17) is 5.84 Å². The summed E-state index contributed by atoms with van der Waals surface area (Å²) >= 11 is 0. The number of nitrogens with one attached hydrogen (secondary N) is 1. The monoisotopic (exact) mass is 281 g/mol. The van der Waals surface area contributed by atoms with Gasteiger partial charge >= 0.3 is 0 Å². The molecule has 3 aromatic rings. The zero-order valence-electron chi connectivity index (χ0n) is 11.5. The van der Waals surface area contributed by atoms with Gasteiger partial charge in [0.15, 0.2) is 0 Å². The molecule has 3 rings (SSSR count). The molecular weight excluding hydrogens is 266 g/mol. The average molecular weight is 281 g/mol. The van der Waals surface area contributed by atoms with E-state index in [2.05, 4.69) is 25.7 Å². The number of rotatable bonds is 4. The van der Waals surface area contributed by atoms with Crippen molar-refractivity contribution in [3.63, 3.8) is 0 Å². The Balaban J connectivity index is 2.05. The lowest BCUT2D eigenvalue weighted by atomic mass is 10.1. The highest BCUT2D eigenvalue weighted by Crippen LogP contribution is 2.21. The minimum atomic E-state index is -0.318. The van der Waals surface area contributed by atoms with Crippen molar-refractivity contribution in [3.05, 3.63) is 66.0 Å². The van der Waals surface area contributed by atoms with Crippen molar-refractivity contribution in [3.8, 4) is 5.69 Å². The fourth-order valence-electron chi connectivity index (χ4n) is 2.17. The van der Waals surface area contributed by atoms with E-state index >= 15 is 0 Å². The van der Waals surface area contributed by atoms with Crippen LogP contribution >= 0.6 is 0 Å². The average Bonchev–Trinajstić information content (AvgIpc) is 2.98. The van der Waals surface area contributed by atoms with Gasteiger partial charge in [-0.1, -0.05) is 23.4 Å². The van der Waals surface area contributed by atoms with Gasteiger partial charge in [0.25, 0.3) is 0 Å². The number of nitrogens with zero attached hydrogens (tertiary/aromatic N) is 5. The molecule has 21 heavy (non-hydrogen) atoms. The number of hydrogen-bond donors (Lipinski definition) is 2. The van der Waals surface area contributed by atoms with E-state index in [1.54, 1.807) is 17.1 Å². The van der Waals surface area contributed by atoms with Gasteiger partial charge in [0.2, 0.25) is 0 Å². The van der Waals surface area contributed by atoms with Crippen LogP contribution in [0.5, 0.6) is 0 Å². The van der Waals surface area contributed by atoms with Crippen molar-refractivity contribution < 1.29 is 0 Å². The molecule has 106 valence electrons. The summed E-state index contributed by atoms with van der Waals surface area (Å²) in [6, 6.07) is 11.3. The van der Waals surface area contributed by atoms with Crippen LogP contribution in [0.4, 0.5) is 0 Å². The molecule has 2 aromatic heterocycles. The predicted molar refractivity (Wildman–Crippen MR) is 77.3 cm³/mol. The summed E-state index contributed by atoms with van der Waals surface area (Å²) in [6.07, 6.45) is 3.38. The molecule has 0 amide bonds. The van der Waals surface area contributed by atoms with Crippen LogP contribution in [-0.2, 0) is 0 Å². The van der Waals surface area contributed by atoms with Crippen molar-refractivity contribution in [1.82, 2.24) is 30.4 Å². The topological polar surface area (TPSA) is 94.5 Å². The summed E-state index contributed by atoms with van der Waals surface area (Å²) in [7, 11) is 0. The number of aryl methyl sites for hydroxylation is 1. The summed E-state index contributed by atoms with van der Waals surface area (Å²) in [5.41, 5.74) is 5.26. The zero-order valence-corrected chi connectivity index (χ0v) is 11.5. The Hall–Kier alpha value is -2.64. The first-order valence-electron chi connectivity index (χ1n) is 6.51. The van der Waals surface area contributed by atoms with Crippen molar-refractivity contribution in [2.45, 2.75) is 13.0 Å². The first-order valence-corrected chi connectivity index (χ1v) is 6.51. The maximum atomic E-state index is 5.71. The van der Waals surface area contributed by atoms with E-state index in [-0.39, 0.29) is 6.04 Å². The highest BCUT2D eigenvalue weighted by molar-refractivity contribution is 5.34. The number of benzene rings is 1. The van der Waals surface area contributed by atoms with Crippen LogP contribution in [0.15, 0.2) is 48.8 Å². The largest absolute Gasteiger partial charge is 0.270 e. The first kappa shape index (κ1) is 13.3. The normalized spacial score (nSPS) is 12.3. The van der Waals surface area contributed by atoms with E-state index < -0.39 is 0 Å². The van der Waals surface area contributed by atoms with Gasteiger partial charge in [0.1, 0.15) is 11.9 Å². The highest BCUT2D eigenvalue weighted by Gasteiger charge is 2.20. The molecule has 0 fully saturated rings. The van der Waals surface area contributed by atoms with E-state index in [0.29, 0.717) is 5.82 Å². The molecule has 3 N–H and O–H groups in total. The number of nitrogens with two attached hydrogens (primary N) is 1. The fourth-order valence-corrected chi connectivity index (χ4v) is 2.17. The highest BCUT2D eigenvalue weighted by atomic mass is 15.4. The third-order valence-corrected chi connectivity index (χ3v) is 3.13. The number of aromatic nitrogens is 5. The summed E-state index contributed by atoms with van der Waals surface area (Å²) in [6.45, 7) is 1.84. The minimum absolute atomic E-state index is 0.318. The smallest absolute Gasteiger partial charge is 0.125 e. The Labute approximate surface area is 121 Å². The predicted octanol–water partition coefficient (Wildman–Crippen LogP) is 0.918. The zero-order chi connectivity index (χ0) is 14.7. The lowest BCUT2D eigenvalue weighted by molar-refractivity contribution is 0.579. The van der Waals surface area contributed by atoms with Crippen molar-refractivity contribution in [1.29, 1.82) is 0 Å². The van der Waals surface area contributed by atoms with Crippen molar-refractivity contribution >= 4 is 0 Å². The van der Waals surface area contributed by atoms with E-state index in [0.717, 1.165) is 17.1 Å². The molecular formula is C14H15N7. The van der Waals surface area contributed by atoms with Crippen LogP contribution < -0.4 is 11.3 Å². The van der Waals surface area contributed by atoms with E-state index in [1.807, 2.05) is 43.3 Å². The van der Waals surface area contributed by atoms with E-state index in [9.17, 15) is 0 Å². The molecule has 2 heterocycles. The molecule has 0 spiro atoms. The summed E-state index contributed by atoms with van der Waals surface area (Å²) in [4.78, 5) is 8.51. The Morgan fingerprint density at radius 1 is 1.19 bits per heavy atom. The van der Waals surface area contributed by atoms with Gasteiger partial charge in [-0.3, -0.25) is 5.84 Å². The van der Waals surface area contributed by atoms with Gasteiger partial charge < -0.3 is 0 Å². The minimum Gasteiger partial charge on any atom is -0.270 e. The Kier molecular flexibility index (Phi) is 3.67. The molecule has 0 aliphatic heterocycles. The molecule has 1 unspecified atom stereocenters. The molecule has 7 heteroatoms. The molecule has 1 atom stereocenters. The first-order chi connectivity index (χ1) is 10.3. The van der Waals surface area contributed by atoms with Gasteiger partial charge in [-0.2, -0.15) is 0 Å². The standard InChI is InChI=1S/C14H15N7/c1-10-16-8-7-12(18-10)14(19-15)13-9-17-20-21(13)11-5-3-2-4-6-11/h2-9,14,19H,15H2,1H3. The van der Waals surface area contributed by atoms with Crippen molar-refractivity contribution in [2.75, 3.05) is 0 Å². The second-order valence-electron chi connectivity index (χ2n) is 4.53. The molecule has 0 bridgehead atoms. The SMILES string of the molecule is Cc1nccc(C(NN)c2cnnn2-c2ccccc2)n1. The van der Waals surface area contributed by atoms with Gasteiger partial charge in [0, 0.05) is 6.20 Å². The number of para-hydroxylation sites is 1. The van der Waals surface area contributed by atoms with Gasteiger partial charge in [0.05, 0.1) is 23.3 Å². The number of hydrazine groups is 1. The maximum Gasteiger partial charge on any atom is 0.125 e. The Morgan fingerprint density at radius 3 is 2.71 bits per heavy atom. The molecule has 0 saturated heterocycles. The molecule has 1 aromatic carbocycles. The van der Waals surface area contributed by atoms with Gasteiger partial charge in [-0.05, 0) is 25.1 Å². The molecule has 0 aliphatic rings. The maximum absolute atomic E-state index is 5.71. The fraction of sp³-hybridized carbons (Fsp3) is 0.143. The van der Waals surface area contributed by atoms with Crippen molar-refractivity contribution in [2.24, 2.45) is 5.84 Å². The Bertz CT molecular complexity index is 723. The summed E-state index contributed by atoms with van der Waals surface area (Å²) < 4.78 is 1.74. The van der Waals surface area contributed by atoms with Crippen LogP contribution in [0.25, 0.3) is 5.69 Å². The van der Waals surface area contributed by atoms with Crippen LogP contribution in [0.1, 0.15) is 23.3 Å².